The minimum absolute atomic E-state index is 0.0610. The molecule has 0 fully saturated rings. The summed E-state index contributed by atoms with van der Waals surface area (Å²) in [4.78, 5) is 11.4. The van der Waals surface area contributed by atoms with Crippen molar-refractivity contribution in [1.82, 2.24) is 0 Å². The molecule has 20 heavy (non-hydrogen) atoms. The first-order valence-corrected chi connectivity index (χ1v) is 6.42. The summed E-state index contributed by atoms with van der Waals surface area (Å²) in [6.45, 7) is 4.93. The minimum atomic E-state index is -0.945. The maximum absolute atomic E-state index is 13.7. The summed E-state index contributed by atoms with van der Waals surface area (Å²) < 4.78 is 31.6. The highest BCUT2D eigenvalue weighted by molar-refractivity contribution is 5.90. The van der Waals surface area contributed by atoms with E-state index in [0.29, 0.717) is 25.1 Å². The Bertz CT molecular complexity index is 478. The van der Waals surface area contributed by atoms with E-state index in [9.17, 15) is 13.6 Å². The van der Waals surface area contributed by atoms with Gasteiger partial charge in [-0.2, -0.15) is 0 Å². The second kappa shape index (κ2) is 7.19. The topological polar surface area (TPSA) is 64.3 Å². The van der Waals surface area contributed by atoms with Gasteiger partial charge in [-0.25, -0.2) is 13.6 Å². The molecule has 0 bridgehead atoms. The first kappa shape index (κ1) is 16.4. The second-order valence-electron chi connectivity index (χ2n) is 4.92. The number of hydrogen-bond donors (Lipinski definition) is 2. The average molecular weight is 286 g/mol. The standard InChI is InChI=1S/C14H20F2N2O2/c1-8(2)9(6-17)7-18-13-4-10(14(19)20-3)11(15)5-12(13)16/h4-5,8-9,18H,6-7,17H2,1-3H3. The number of methoxy groups -OCH3 is 1. The number of anilines is 1. The van der Waals surface area contributed by atoms with Crippen LogP contribution in [0, 0.1) is 23.5 Å². The van der Waals surface area contributed by atoms with Crippen molar-refractivity contribution in [3.63, 3.8) is 0 Å². The summed E-state index contributed by atoms with van der Waals surface area (Å²) in [5.41, 5.74) is 5.39. The van der Waals surface area contributed by atoms with Crippen LogP contribution >= 0.6 is 0 Å². The normalized spacial score (nSPS) is 12.3. The SMILES string of the molecule is COC(=O)c1cc(NCC(CN)C(C)C)c(F)cc1F. The van der Waals surface area contributed by atoms with E-state index in [-0.39, 0.29) is 17.2 Å². The molecule has 0 heterocycles. The van der Waals surface area contributed by atoms with E-state index >= 15 is 0 Å². The highest BCUT2D eigenvalue weighted by atomic mass is 19.1. The lowest BCUT2D eigenvalue weighted by Gasteiger charge is -2.20. The molecule has 1 rings (SSSR count). The van der Waals surface area contributed by atoms with E-state index in [1.165, 1.54) is 0 Å². The highest BCUT2D eigenvalue weighted by Crippen LogP contribution is 2.21. The molecule has 112 valence electrons. The molecule has 0 radical (unpaired) electrons. The van der Waals surface area contributed by atoms with Crippen molar-refractivity contribution >= 4 is 11.7 Å². The first-order valence-electron chi connectivity index (χ1n) is 6.42. The van der Waals surface area contributed by atoms with E-state index in [0.717, 1.165) is 13.2 Å². The number of ether oxygens (including phenoxy) is 1. The molecule has 0 aliphatic carbocycles. The monoisotopic (exact) mass is 286 g/mol. The fraction of sp³-hybridized carbons (Fsp3) is 0.500. The molecule has 6 heteroatoms. The van der Waals surface area contributed by atoms with Crippen LogP contribution in [0.1, 0.15) is 24.2 Å². The Balaban J connectivity index is 2.92. The van der Waals surface area contributed by atoms with Gasteiger partial charge in [0.2, 0.25) is 0 Å². The molecule has 1 aromatic rings. The van der Waals surface area contributed by atoms with Gasteiger partial charge in [-0.05, 0) is 24.4 Å². The van der Waals surface area contributed by atoms with Gasteiger partial charge in [0.05, 0.1) is 18.4 Å². The molecule has 0 spiro atoms. The van der Waals surface area contributed by atoms with E-state index in [1.807, 2.05) is 13.8 Å². The number of carbonyl (C=O) groups excluding carboxylic acids is 1. The van der Waals surface area contributed by atoms with E-state index in [1.54, 1.807) is 0 Å². The van der Waals surface area contributed by atoms with Crippen LogP contribution in [0.2, 0.25) is 0 Å². The van der Waals surface area contributed by atoms with E-state index < -0.39 is 17.6 Å². The van der Waals surface area contributed by atoms with Crippen LogP contribution in [-0.2, 0) is 4.74 Å². The first-order chi connectivity index (χ1) is 9.40. The number of halogens is 2. The number of benzene rings is 1. The van der Waals surface area contributed by atoms with Crippen molar-refractivity contribution in [2.24, 2.45) is 17.6 Å². The van der Waals surface area contributed by atoms with Gasteiger partial charge in [-0.15, -0.1) is 0 Å². The van der Waals surface area contributed by atoms with Crippen LogP contribution in [0.4, 0.5) is 14.5 Å². The van der Waals surface area contributed by atoms with Crippen LogP contribution in [-0.4, -0.2) is 26.2 Å². The fourth-order valence-corrected chi connectivity index (χ4v) is 1.78. The summed E-state index contributed by atoms with van der Waals surface area (Å²) in [7, 11) is 1.14. The molecule has 1 unspecified atom stereocenters. The molecule has 1 aromatic carbocycles. The number of hydrogen-bond acceptors (Lipinski definition) is 4. The largest absolute Gasteiger partial charge is 0.465 e. The smallest absolute Gasteiger partial charge is 0.340 e. The van der Waals surface area contributed by atoms with Crippen molar-refractivity contribution in [3.8, 4) is 0 Å². The van der Waals surface area contributed by atoms with Gasteiger partial charge in [0, 0.05) is 12.6 Å². The number of carbonyl (C=O) groups is 1. The summed E-state index contributed by atoms with van der Waals surface area (Å²) in [5.74, 6) is -2.06. The summed E-state index contributed by atoms with van der Waals surface area (Å²) >= 11 is 0. The molecule has 4 nitrogen and oxygen atoms in total. The zero-order valence-electron chi connectivity index (χ0n) is 11.9. The van der Waals surface area contributed by atoms with E-state index in [4.69, 9.17) is 5.73 Å². The number of rotatable bonds is 6. The predicted octanol–water partition coefficient (Wildman–Crippen LogP) is 2.39. The Morgan fingerprint density at radius 3 is 2.50 bits per heavy atom. The third-order valence-corrected chi connectivity index (χ3v) is 3.26. The Morgan fingerprint density at radius 2 is 2.00 bits per heavy atom. The van der Waals surface area contributed by atoms with Crippen molar-refractivity contribution in [1.29, 1.82) is 0 Å². The van der Waals surface area contributed by atoms with Crippen LogP contribution in [0.5, 0.6) is 0 Å². The van der Waals surface area contributed by atoms with Gasteiger partial charge in [-0.3, -0.25) is 0 Å². The molecular formula is C14H20F2N2O2. The van der Waals surface area contributed by atoms with Crippen molar-refractivity contribution < 1.29 is 18.3 Å². The van der Waals surface area contributed by atoms with Gasteiger partial charge < -0.3 is 15.8 Å². The molecule has 1 atom stereocenters. The van der Waals surface area contributed by atoms with Gasteiger partial charge in [-0.1, -0.05) is 13.8 Å². The second-order valence-corrected chi connectivity index (χ2v) is 4.92. The zero-order chi connectivity index (χ0) is 15.3. The number of esters is 1. The average Bonchev–Trinajstić information content (AvgIpc) is 2.40. The zero-order valence-corrected chi connectivity index (χ0v) is 11.9. The quantitative estimate of drug-likeness (QED) is 0.788. The van der Waals surface area contributed by atoms with Crippen LogP contribution in [0.15, 0.2) is 12.1 Å². The van der Waals surface area contributed by atoms with Crippen LogP contribution < -0.4 is 11.1 Å². The summed E-state index contributed by atoms with van der Waals surface area (Å²) in [6.07, 6.45) is 0. The van der Waals surface area contributed by atoms with Crippen molar-refractivity contribution in [3.05, 3.63) is 29.3 Å². The molecule has 0 aliphatic rings. The Hall–Kier alpha value is -1.69. The lowest BCUT2D eigenvalue weighted by Crippen LogP contribution is -2.27. The molecular weight excluding hydrogens is 266 g/mol. The molecule has 0 saturated carbocycles. The Labute approximate surface area is 117 Å². The number of nitrogens with two attached hydrogens (primary N) is 1. The molecule has 0 amide bonds. The summed E-state index contributed by atoms with van der Waals surface area (Å²) in [6, 6.07) is 1.78. The Kier molecular flexibility index (Phi) is 5.88. The maximum atomic E-state index is 13.7. The number of nitrogens with one attached hydrogen (secondary N) is 1. The van der Waals surface area contributed by atoms with E-state index in [2.05, 4.69) is 10.1 Å². The lowest BCUT2D eigenvalue weighted by atomic mass is 9.96. The third-order valence-electron chi connectivity index (χ3n) is 3.26. The van der Waals surface area contributed by atoms with Gasteiger partial charge in [0.15, 0.2) is 0 Å². The summed E-state index contributed by atoms with van der Waals surface area (Å²) in [5, 5.41) is 2.86. The fourth-order valence-electron chi connectivity index (χ4n) is 1.78. The lowest BCUT2D eigenvalue weighted by molar-refractivity contribution is 0.0595. The maximum Gasteiger partial charge on any atom is 0.340 e. The van der Waals surface area contributed by atoms with Crippen LogP contribution in [0.25, 0.3) is 0 Å². The van der Waals surface area contributed by atoms with Gasteiger partial charge in [0.1, 0.15) is 11.6 Å². The molecule has 0 aliphatic heterocycles. The van der Waals surface area contributed by atoms with Crippen molar-refractivity contribution in [2.45, 2.75) is 13.8 Å². The predicted molar refractivity (Wildman–Crippen MR) is 73.6 cm³/mol. The van der Waals surface area contributed by atoms with Crippen LogP contribution in [0.3, 0.4) is 0 Å². The minimum Gasteiger partial charge on any atom is -0.465 e. The molecule has 3 N–H and O–H groups in total. The van der Waals surface area contributed by atoms with Gasteiger partial charge in [0.25, 0.3) is 0 Å². The molecule has 0 aromatic heterocycles. The molecule has 0 saturated heterocycles. The highest BCUT2D eigenvalue weighted by Gasteiger charge is 2.18. The Morgan fingerprint density at radius 1 is 1.35 bits per heavy atom. The third kappa shape index (κ3) is 3.90. The van der Waals surface area contributed by atoms with Gasteiger partial charge >= 0.3 is 5.97 Å². The van der Waals surface area contributed by atoms with Crippen molar-refractivity contribution in [2.75, 3.05) is 25.5 Å².